The third-order valence-electron chi connectivity index (χ3n) is 4.59. The zero-order valence-corrected chi connectivity index (χ0v) is 14.5. The van der Waals surface area contributed by atoms with Crippen LogP contribution in [0.3, 0.4) is 0 Å². The summed E-state index contributed by atoms with van der Waals surface area (Å²) in [6, 6.07) is 10.4. The molecule has 1 heterocycles. The van der Waals surface area contributed by atoms with Crippen LogP contribution in [0, 0.1) is 11.8 Å². The van der Waals surface area contributed by atoms with E-state index < -0.39 is 0 Å². The van der Waals surface area contributed by atoms with Crippen molar-refractivity contribution in [2.24, 2.45) is 11.8 Å². The molecule has 1 aliphatic heterocycles. The molecule has 1 aromatic rings. The van der Waals surface area contributed by atoms with Gasteiger partial charge in [0.15, 0.2) is 0 Å². The van der Waals surface area contributed by atoms with Crippen molar-refractivity contribution >= 4 is 18.3 Å². The van der Waals surface area contributed by atoms with Gasteiger partial charge in [-0.25, -0.2) is 0 Å². The van der Waals surface area contributed by atoms with Gasteiger partial charge in [0.2, 0.25) is 5.91 Å². The fourth-order valence-electron chi connectivity index (χ4n) is 3.18. The van der Waals surface area contributed by atoms with Gasteiger partial charge < -0.3 is 10.6 Å². The lowest BCUT2D eigenvalue weighted by Gasteiger charge is -2.28. The predicted octanol–water partition coefficient (Wildman–Crippen LogP) is 3.70. The van der Waals surface area contributed by atoms with Gasteiger partial charge in [-0.3, -0.25) is 4.79 Å². The third kappa shape index (κ3) is 5.62. The van der Waals surface area contributed by atoms with Gasteiger partial charge in [0.05, 0.1) is 6.04 Å². The Morgan fingerprint density at radius 1 is 1.36 bits per heavy atom. The highest BCUT2D eigenvalue weighted by atomic mass is 35.5. The quantitative estimate of drug-likeness (QED) is 0.837. The fourth-order valence-corrected chi connectivity index (χ4v) is 3.18. The van der Waals surface area contributed by atoms with Gasteiger partial charge >= 0.3 is 0 Å². The molecule has 2 N–H and O–H groups in total. The number of benzene rings is 1. The molecular formula is C18H29ClN2O. The van der Waals surface area contributed by atoms with Crippen LogP contribution in [0.2, 0.25) is 0 Å². The number of carbonyl (C=O) groups is 1. The Balaban J connectivity index is 0.00000242. The lowest BCUT2D eigenvalue weighted by molar-refractivity contribution is -0.123. The Kier molecular flexibility index (Phi) is 8.51. The summed E-state index contributed by atoms with van der Waals surface area (Å²) in [5.74, 6) is 1.27. The summed E-state index contributed by atoms with van der Waals surface area (Å²) in [5.41, 5.74) is 1.19. The van der Waals surface area contributed by atoms with Crippen LogP contribution in [0.5, 0.6) is 0 Å². The van der Waals surface area contributed by atoms with E-state index in [9.17, 15) is 4.79 Å². The second kappa shape index (κ2) is 9.86. The maximum Gasteiger partial charge on any atom is 0.220 e. The molecule has 1 aromatic carbocycles. The molecule has 0 spiro atoms. The van der Waals surface area contributed by atoms with Crippen LogP contribution in [0.4, 0.5) is 0 Å². The Bertz CT molecular complexity index is 432. The highest BCUT2D eigenvalue weighted by Crippen LogP contribution is 2.23. The number of rotatable bonds is 6. The average molecular weight is 325 g/mol. The molecule has 124 valence electrons. The zero-order chi connectivity index (χ0) is 15.1. The van der Waals surface area contributed by atoms with E-state index in [0.717, 1.165) is 19.5 Å². The van der Waals surface area contributed by atoms with Crippen LogP contribution < -0.4 is 10.6 Å². The van der Waals surface area contributed by atoms with Crippen LogP contribution in [-0.2, 0) is 4.79 Å². The predicted molar refractivity (Wildman–Crippen MR) is 94.2 cm³/mol. The molecule has 0 bridgehead atoms. The maximum absolute atomic E-state index is 12.3. The van der Waals surface area contributed by atoms with E-state index in [0.29, 0.717) is 18.3 Å². The number of halogens is 1. The smallest absolute Gasteiger partial charge is 0.220 e. The van der Waals surface area contributed by atoms with Gasteiger partial charge in [0, 0.05) is 6.42 Å². The molecule has 0 aliphatic carbocycles. The number of carbonyl (C=O) groups excluding carboxylic acids is 1. The van der Waals surface area contributed by atoms with Gasteiger partial charge in [-0.1, -0.05) is 44.2 Å². The minimum atomic E-state index is 0. The molecule has 0 saturated carbocycles. The summed E-state index contributed by atoms with van der Waals surface area (Å²) in [6.45, 7) is 6.51. The number of hydrogen-bond acceptors (Lipinski definition) is 2. The van der Waals surface area contributed by atoms with Gasteiger partial charge in [0.25, 0.3) is 0 Å². The summed E-state index contributed by atoms with van der Waals surface area (Å²) in [4.78, 5) is 12.3. The lowest BCUT2D eigenvalue weighted by atomic mass is 9.85. The van der Waals surface area contributed by atoms with Crippen molar-refractivity contribution in [1.29, 1.82) is 0 Å². The van der Waals surface area contributed by atoms with E-state index in [-0.39, 0.29) is 24.4 Å². The summed E-state index contributed by atoms with van der Waals surface area (Å²) < 4.78 is 0. The molecule has 3 atom stereocenters. The fraction of sp³-hybridized carbons (Fsp3) is 0.611. The Labute approximate surface area is 140 Å². The van der Waals surface area contributed by atoms with Crippen molar-refractivity contribution < 1.29 is 4.79 Å². The van der Waals surface area contributed by atoms with Gasteiger partial charge in [-0.05, 0) is 49.8 Å². The van der Waals surface area contributed by atoms with E-state index in [1.165, 1.54) is 18.4 Å². The molecule has 4 heteroatoms. The van der Waals surface area contributed by atoms with Crippen molar-refractivity contribution in [2.45, 2.75) is 45.6 Å². The van der Waals surface area contributed by atoms with E-state index in [1.807, 2.05) is 18.2 Å². The van der Waals surface area contributed by atoms with Gasteiger partial charge in [-0.2, -0.15) is 0 Å². The summed E-state index contributed by atoms with van der Waals surface area (Å²) in [5, 5.41) is 6.63. The highest BCUT2D eigenvalue weighted by Gasteiger charge is 2.23. The van der Waals surface area contributed by atoms with Crippen LogP contribution in [0.1, 0.15) is 51.1 Å². The molecule has 3 nitrogen and oxygen atoms in total. The Morgan fingerprint density at radius 2 is 2.09 bits per heavy atom. The summed E-state index contributed by atoms with van der Waals surface area (Å²) in [7, 11) is 0. The second-order valence-electron chi connectivity index (χ2n) is 6.23. The van der Waals surface area contributed by atoms with Crippen molar-refractivity contribution in [1.82, 2.24) is 10.6 Å². The first-order chi connectivity index (χ1) is 10.2. The Hall–Kier alpha value is -1.06. The third-order valence-corrected chi connectivity index (χ3v) is 4.59. The van der Waals surface area contributed by atoms with Crippen LogP contribution >= 0.6 is 12.4 Å². The van der Waals surface area contributed by atoms with Crippen LogP contribution in [-0.4, -0.2) is 19.0 Å². The molecule has 1 amide bonds. The maximum atomic E-state index is 12.3. The molecule has 1 fully saturated rings. The minimum Gasteiger partial charge on any atom is -0.349 e. The summed E-state index contributed by atoms with van der Waals surface area (Å²) >= 11 is 0. The molecular weight excluding hydrogens is 296 g/mol. The van der Waals surface area contributed by atoms with E-state index >= 15 is 0 Å². The van der Waals surface area contributed by atoms with E-state index in [4.69, 9.17) is 0 Å². The number of amides is 1. The first-order valence-corrected chi connectivity index (χ1v) is 8.25. The largest absolute Gasteiger partial charge is 0.349 e. The normalized spacial score (nSPS) is 20.5. The van der Waals surface area contributed by atoms with Gasteiger partial charge in [0.1, 0.15) is 0 Å². The van der Waals surface area contributed by atoms with Gasteiger partial charge in [-0.15, -0.1) is 12.4 Å². The number of hydrogen-bond donors (Lipinski definition) is 2. The minimum absolute atomic E-state index is 0. The van der Waals surface area contributed by atoms with Crippen molar-refractivity contribution in [2.75, 3.05) is 13.1 Å². The molecule has 0 aromatic heterocycles. The van der Waals surface area contributed by atoms with Crippen molar-refractivity contribution in [3.05, 3.63) is 35.9 Å². The van der Waals surface area contributed by atoms with E-state index in [1.54, 1.807) is 0 Å². The second-order valence-corrected chi connectivity index (χ2v) is 6.23. The number of nitrogens with one attached hydrogen (secondary N) is 2. The molecule has 1 aliphatic rings. The average Bonchev–Trinajstić information content (AvgIpc) is 2.54. The monoisotopic (exact) mass is 324 g/mol. The SMILES string of the molecule is CCC(NC(=O)CC(C)C1CCCNC1)c1ccccc1.Cl. The molecule has 2 rings (SSSR count). The van der Waals surface area contributed by atoms with E-state index in [2.05, 4.69) is 36.6 Å². The molecule has 22 heavy (non-hydrogen) atoms. The van der Waals surface area contributed by atoms with Crippen molar-refractivity contribution in [3.8, 4) is 0 Å². The van der Waals surface area contributed by atoms with Crippen LogP contribution in [0.15, 0.2) is 30.3 Å². The first kappa shape index (κ1) is 19.0. The highest BCUT2D eigenvalue weighted by molar-refractivity contribution is 5.85. The summed E-state index contributed by atoms with van der Waals surface area (Å²) in [6.07, 6.45) is 4.04. The molecule has 3 unspecified atom stereocenters. The topological polar surface area (TPSA) is 41.1 Å². The Morgan fingerprint density at radius 3 is 2.68 bits per heavy atom. The molecule has 0 radical (unpaired) electrons. The number of piperidine rings is 1. The molecule has 1 saturated heterocycles. The van der Waals surface area contributed by atoms with Crippen molar-refractivity contribution in [3.63, 3.8) is 0 Å². The van der Waals surface area contributed by atoms with Crippen LogP contribution in [0.25, 0.3) is 0 Å². The first-order valence-electron chi connectivity index (χ1n) is 8.25. The zero-order valence-electron chi connectivity index (χ0n) is 13.7. The lowest BCUT2D eigenvalue weighted by Crippen LogP contribution is -2.36. The standard InChI is InChI=1S/C18H28N2O.ClH/c1-3-17(15-8-5-4-6-9-15)20-18(21)12-14(2)16-10-7-11-19-13-16;/h4-6,8-9,14,16-17,19H,3,7,10-13H2,1-2H3,(H,20,21);1H.